The first-order valence-corrected chi connectivity index (χ1v) is 15.3. The fraction of sp³-hybridized carbons (Fsp3) is 0.433. The molecular weight excluding hydrogens is 657 g/mol. The highest BCUT2D eigenvalue weighted by Gasteiger charge is 2.42. The van der Waals surface area contributed by atoms with Crippen molar-refractivity contribution in [3.05, 3.63) is 45.9 Å². The van der Waals surface area contributed by atoms with Crippen LogP contribution in [0.2, 0.25) is 5.02 Å². The number of methoxy groups -OCH3 is 1. The standard InChI is InChI=1S/C30H36BrClFN7O4/c1-15(34-5)27(41)39-25(30(2,3)4)29(43)40(28(42)19-8-7-11-35-19)21-12-16-20(13-22(21)44-6)36-14-37-26(16)38-18-10-9-17(31)23(32)24(18)33/h9-10,12-15,19,25,34-35H,7-8,11H2,1-6H3,(H,39,41)(H,36,37,38)/t15-,19-,25+/m0/s1. The lowest BCUT2D eigenvalue weighted by atomic mass is 9.85. The number of fused-ring (bicyclic) bond motifs is 1. The zero-order chi connectivity index (χ0) is 32.3. The third-order valence-electron chi connectivity index (χ3n) is 7.49. The summed E-state index contributed by atoms with van der Waals surface area (Å²) in [7, 11) is 3.06. The molecule has 0 aliphatic carbocycles. The number of halogens is 3. The average Bonchev–Trinajstić information content (AvgIpc) is 3.54. The molecule has 0 radical (unpaired) electrons. The van der Waals surface area contributed by atoms with Crippen LogP contribution >= 0.6 is 27.5 Å². The van der Waals surface area contributed by atoms with Gasteiger partial charge in [-0.25, -0.2) is 19.3 Å². The largest absolute Gasteiger partial charge is 0.494 e. The summed E-state index contributed by atoms with van der Waals surface area (Å²) in [6.45, 7) is 7.72. The highest BCUT2D eigenvalue weighted by Crippen LogP contribution is 2.38. The Morgan fingerprint density at radius 2 is 1.95 bits per heavy atom. The van der Waals surface area contributed by atoms with E-state index in [1.54, 1.807) is 32.2 Å². The SMILES string of the molecule is CN[C@@H](C)C(=O)N[C@H](C(=O)N(C(=O)[C@@H]1CCCN1)c1cc2c(Nc3ccc(Br)c(Cl)c3F)ncnc2cc1OC)C(C)(C)C. The molecule has 2 heterocycles. The molecule has 4 rings (SSSR count). The lowest BCUT2D eigenvalue weighted by molar-refractivity contribution is -0.134. The number of ether oxygens (including phenoxy) is 1. The van der Waals surface area contributed by atoms with E-state index >= 15 is 4.39 Å². The maximum atomic E-state index is 15.0. The lowest BCUT2D eigenvalue weighted by Crippen LogP contribution is -2.60. The lowest BCUT2D eigenvalue weighted by Gasteiger charge is -2.36. The van der Waals surface area contributed by atoms with Gasteiger partial charge < -0.3 is 26.0 Å². The van der Waals surface area contributed by atoms with Crippen molar-refractivity contribution in [2.45, 2.75) is 58.7 Å². The van der Waals surface area contributed by atoms with Crippen molar-refractivity contribution in [2.24, 2.45) is 5.41 Å². The summed E-state index contributed by atoms with van der Waals surface area (Å²) in [6, 6.07) is 3.92. The van der Waals surface area contributed by atoms with Crippen LogP contribution in [0.4, 0.5) is 21.6 Å². The fourth-order valence-electron chi connectivity index (χ4n) is 4.83. The molecule has 1 aliphatic rings. The summed E-state index contributed by atoms with van der Waals surface area (Å²) in [5.41, 5.74) is -0.181. The molecule has 1 fully saturated rings. The summed E-state index contributed by atoms with van der Waals surface area (Å²) in [4.78, 5) is 51.3. The molecule has 1 aromatic heterocycles. The van der Waals surface area contributed by atoms with Crippen LogP contribution in [0.15, 0.2) is 35.1 Å². The van der Waals surface area contributed by atoms with Gasteiger partial charge >= 0.3 is 0 Å². The topological polar surface area (TPSA) is 138 Å². The molecule has 3 aromatic rings. The summed E-state index contributed by atoms with van der Waals surface area (Å²) < 4.78 is 21.1. The minimum Gasteiger partial charge on any atom is -0.494 e. The van der Waals surface area contributed by atoms with E-state index in [1.807, 2.05) is 20.8 Å². The molecule has 44 heavy (non-hydrogen) atoms. The summed E-state index contributed by atoms with van der Waals surface area (Å²) in [5, 5.41) is 12.1. The first kappa shape index (κ1) is 33.5. The van der Waals surface area contributed by atoms with Crippen LogP contribution in [0.25, 0.3) is 10.9 Å². The van der Waals surface area contributed by atoms with Crippen LogP contribution < -0.4 is 30.9 Å². The molecule has 0 spiro atoms. The van der Waals surface area contributed by atoms with Crippen molar-refractivity contribution in [1.29, 1.82) is 0 Å². The van der Waals surface area contributed by atoms with Gasteiger partial charge in [-0.3, -0.25) is 14.4 Å². The Kier molecular flexibility index (Phi) is 10.4. The predicted octanol–water partition coefficient (Wildman–Crippen LogP) is 4.69. The van der Waals surface area contributed by atoms with E-state index in [0.717, 1.165) is 11.3 Å². The van der Waals surface area contributed by atoms with Crippen molar-refractivity contribution in [1.82, 2.24) is 25.9 Å². The molecule has 0 saturated carbocycles. The molecule has 2 aromatic carbocycles. The molecule has 3 atom stereocenters. The van der Waals surface area contributed by atoms with E-state index in [4.69, 9.17) is 16.3 Å². The number of rotatable bonds is 9. The van der Waals surface area contributed by atoms with Crippen molar-refractivity contribution < 1.29 is 23.5 Å². The highest BCUT2D eigenvalue weighted by molar-refractivity contribution is 9.10. The molecule has 3 amide bonds. The highest BCUT2D eigenvalue weighted by atomic mass is 79.9. The monoisotopic (exact) mass is 691 g/mol. The van der Waals surface area contributed by atoms with Gasteiger partial charge in [-0.05, 0) is 72.9 Å². The zero-order valence-corrected chi connectivity index (χ0v) is 27.7. The summed E-state index contributed by atoms with van der Waals surface area (Å²) >= 11 is 9.31. The normalized spacial score (nSPS) is 16.3. The number of aromatic nitrogens is 2. The first-order valence-electron chi connectivity index (χ1n) is 14.1. The Bertz CT molecular complexity index is 1580. The van der Waals surface area contributed by atoms with E-state index in [9.17, 15) is 14.4 Å². The van der Waals surface area contributed by atoms with Gasteiger partial charge in [0.15, 0.2) is 5.82 Å². The smallest absolute Gasteiger partial charge is 0.257 e. The number of carbonyl (C=O) groups excluding carboxylic acids is 3. The van der Waals surface area contributed by atoms with Gasteiger partial charge in [-0.15, -0.1) is 0 Å². The van der Waals surface area contributed by atoms with Crippen LogP contribution in [0.1, 0.15) is 40.5 Å². The Hall–Kier alpha value is -3.39. The van der Waals surface area contributed by atoms with E-state index in [1.165, 1.54) is 19.5 Å². The second kappa shape index (κ2) is 13.7. The van der Waals surface area contributed by atoms with E-state index in [-0.39, 0.29) is 28.0 Å². The molecule has 14 heteroatoms. The molecule has 11 nitrogen and oxygen atoms in total. The number of imide groups is 1. The number of amides is 3. The van der Waals surface area contributed by atoms with Crippen LogP contribution in [0.3, 0.4) is 0 Å². The summed E-state index contributed by atoms with van der Waals surface area (Å²) in [5.74, 6) is -1.82. The predicted molar refractivity (Wildman–Crippen MR) is 172 cm³/mol. The van der Waals surface area contributed by atoms with Crippen molar-refractivity contribution in [3.8, 4) is 5.75 Å². The number of nitrogens with one attached hydrogen (secondary N) is 4. The maximum absolute atomic E-state index is 15.0. The number of anilines is 3. The Balaban J connectivity index is 1.89. The number of nitrogens with zero attached hydrogens (tertiary/aromatic N) is 3. The van der Waals surface area contributed by atoms with Gasteiger partial charge in [-0.1, -0.05) is 32.4 Å². The van der Waals surface area contributed by atoms with Crippen LogP contribution in [0.5, 0.6) is 5.75 Å². The number of hydrogen-bond acceptors (Lipinski definition) is 9. The average molecular weight is 693 g/mol. The molecule has 236 valence electrons. The van der Waals surface area contributed by atoms with Crippen LogP contribution in [-0.2, 0) is 14.4 Å². The summed E-state index contributed by atoms with van der Waals surface area (Å²) in [6.07, 6.45) is 2.59. The number of hydrogen-bond donors (Lipinski definition) is 4. The Morgan fingerprint density at radius 1 is 1.23 bits per heavy atom. The molecular formula is C30H36BrClFN7O4. The van der Waals surface area contributed by atoms with Crippen molar-refractivity contribution in [2.75, 3.05) is 30.9 Å². The maximum Gasteiger partial charge on any atom is 0.257 e. The Morgan fingerprint density at radius 3 is 2.57 bits per heavy atom. The van der Waals surface area contributed by atoms with Gasteiger partial charge in [-0.2, -0.15) is 0 Å². The van der Waals surface area contributed by atoms with Crippen LogP contribution in [-0.4, -0.2) is 66.5 Å². The van der Waals surface area contributed by atoms with E-state index in [0.29, 0.717) is 28.3 Å². The first-order chi connectivity index (χ1) is 20.8. The second-order valence-corrected chi connectivity index (χ2v) is 12.8. The van der Waals surface area contributed by atoms with E-state index in [2.05, 4.69) is 47.2 Å². The second-order valence-electron chi connectivity index (χ2n) is 11.6. The van der Waals surface area contributed by atoms with Gasteiger partial charge in [0.05, 0.1) is 41.1 Å². The Labute approximate surface area is 268 Å². The molecule has 1 saturated heterocycles. The molecule has 1 aliphatic heterocycles. The van der Waals surface area contributed by atoms with Crippen molar-refractivity contribution >= 4 is 73.3 Å². The minimum absolute atomic E-state index is 0.0592. The quantitative estimate of drug-likeness (QED) is 0.236. The molecule has 0 unspecified atom stereocenters. The number of likely N-dealkylation sites (N-methyl/N-ethyl adjacent to an activating group) is 1. The van der Waals surface area contributed by atoms with Gasteiger partial charge in [0.25, 0.3) is 11.8 Å². The molecule has 4 N–H and O–H groups in total. The third kappa shape index (κ3) is 6.96. The third-order valence-corrected chi connectivity index (χ3v) is 8.75. The number of carbonyl (C=O) groups is 3. The van der Waals surface area contributed by atoms with Gasteiger partial charge in [0.1, 0.15) is 23.9 Å². The zero-order valence-electron chi connectivity index (χ0n) is 25.3. The van der Waals surface area contributed by atoms with Gasteiger partial charge in [0, 0.05) is 15.9 Å². The van der Waals surface area contributed by atoms with Crippen LogP contribution in [0, 0.1) is 11.2 Å². The van der Waals surface area contributed by atoms with Gasteiger partial charge in [0.2, 0.25) is 5.91 Å². The fourth-order valence-corrected chi connectivity index (χ4v) is 5.30. The minimum atomic E-state index is -1.08. The van der Waals surface area contributed by atoms with E-state index < -0.39 is 47.1 Å². The molecule has 0 bridgehead atoms. The number of benzene rings is 2. The van der Waals surface area contributed by atoms with Crippen molar-refractivity contribution in [3.63, 3.8) is 0 Å².